The van der Waals surface area contributed by atoms with Gasteiger partial charge in [0, 0.05) is 36.8 Å². The first-order valence-electron chi connectivity index (χ1n) is 7.44. The maximum Gasteiger partial charge on any atom is 0.251 e. The Morgan fingerprint density at radius 2 is 1.76 bits per heavy atom. The summed E-state index contributed by atoms with van der Waals surface area (Å²) in [6.07, 6.45) is 1.35. The standard InChI is InChI=1S/C16H25N3O2/c1-4-10-17-14-7-5-13(6-8-14)16(21)18-11-9-15(20)19-12(2)3/h5-8,12,17H,4,9-11H2,1-3H3,(H,18,21)(H,19,20). The monoisotopic (exact) mass is 291 g/mol. The smallest absolute Gasteiger partial charge is 0.251 e. The quantitative estimate of drug-likeness (QED) is 0.687. The fourth-order valence-electron chi connectivity index (χ4n) is 1.79. The molecule has 1 aromatic carbocycles. The van der Waals surface area contributed by atoms with E-state index < -0.39 is 0 Å². The van der Waals surface area contributed by atoms with Crippen molar-refractivity contribution in [2.75, 3.05) is 18.4 Å². The van der Waals surface area contributed by atoms with Gasteiger partial charge in [0.25, 0.3) is 5.91 Å². The number of carbonyl (C=O) groups is 2. The van der Waals surface area contributed by atoms with Gasteiger partial charge in [0.1, 0.15) is 0 Å². The zero-order chi connectivity index (χ0) is 15.7. The van der Waals surface area contributed by atoms with Gasteiger partial charge in [0.2, 0.25) is 5.91 Å². The van der Waals surface area contributed by atoms with E-state index in [1.807, 2.05) is 26.0 Å². The van der Waals surface area contributed by atoms with Crippen LogP contribution in [0.15, 0.2) is 24.3 Å². The van der Waals surface area contributed by atoms with E-state index in [0.29, 0.717) is 18.5 Å². The molecule has 0 saturated carbocycles. The van der Waals surface area contributed by atoms with Gasteiger partial charge < -0.3 is 16.0 Å². The summed E-state index contributed by atoms with van der Waals surface area (Å²) in [7, 11) is 0. The van der Waals surface area contributed by atoms with Crippen molar-refractivity contribution in [1.29, 1.82) is 0 Å². The van der Waals surface area contributed by atoms with Gasteiger partial charge in [-0.1, -0.05) is 6.92 Å². The molecular weight excluding hydrogens is 266 g/mol. The summed E-state index contributed by atoms with van der Waals surface area (Å²) < 4.78 is 0. The first-order chi connectivity index (χ1) is 10.0. The average Bonchev–Trinajstić information content (AvgIpc) is 2.44. The first kappa shape index (κ1) is 17.0. The average molecular weight is 291 g/mol. The third-order valence-electron chi connectivity index (χ3n) is 2.81. The maximum atomic E-state index is 11.9. The molecule has 1 aromatic rings. The number of carbonyl (C=O) groups excluding carboxylic acids is 2. The van der Waals surface area contributed by atoms with Gasteiger partial charge >= 0.3 is 0 Å². The van der Waals surface area contributed by atoms with Crippen LogP contribution in [0.1, 0.15) is 44.0 Å². The number of benzene rings is 1. The molecular formula is C16H25N3O2. The molecule has 0 bridgehead atoms. The predicted octanol–water partition coefficient (Wildman–Crippen LogP) is 2.15. The molecule has 0 spiro atoms. The van der Waals surface area contributed by atoms with E-state index in [4.69, 9.17) is 0 Å². The highest BCUT2D eigenvalue weighted by molar-refractivity contribution is 5.94. The van der Waals surface area contributed by atoms with Crippen LogP contribution in [0, 0.1) is 0 Å². The number of hydrogen-bond acceptors (Lipinski definition) is 3. The number of rotatable bonds is 8. The van der Waals surface area contributed by atoms with E-state index in [1.54, 1.807) is 12.1 Å². The zero-order valence-electron chi connectivity index (χ0n) is 13.0. The molecule has 3 N–H and O–H groups in total. The highest BCUT2D eigenvalue weighted by Gasteiger charge is 2.07. The molecule has 2 amide bonds. The first-order valence-corrected chi connectivity index (χ1v) is 7.44. The van der Waals surface area contributed by atoms with E-state index >= 15 is 0 Å². The predicted molar refractivity (Wildman–Crippen MR) is 85.5 cm³/mol. The summed E-state index contributed by atoms with van der Waals surface area (Å²) in [6, 6.07) is 7.45. The minimum Gasteiger partial charge on any atom is -0.385 e. The number of nitrogens with one attached hydrogen (secondary N) is 3. The normalized spacial score (nSPS) is 10.3. The van der Waals surface area contributed by atoms with Crippen molar-refractivity contribution < 1.29 is 9.59 Å². The summed E-state index contributed by atoms with van der Waals surface area (Å²) in [4.78, 5) is 23.4. The molecule has 0 radical (unpaired) electrons. The highest BCUT2D eigenvalue weighted by Crippen LogP contribution is 2.09. The van der Waals surface area contributed by atoms with Gasteiger partial charge in [0.05, 0.1) is 0 Å². The number of amides is 2. The van der Waals surface area contributed by atoms with E-state index in [9.17, 15) is 9.59 Å². The third-order valence-corrected chi connectivity index (χ3v) is 2.81. The van der Waals surface area contributed by atoms with Gasteiger partial charge in [-0.2, -0.15) is 0 Å². The molecule has 5 heteroatoms. The van der Waals surface area contributed by atoms with Crippen LogP contribution in [-0.2, 0) is 4.79 Å². The number of hydrogen-bond donors (Lipinski definition) is 3. The molecule has 21 heavy (non-hydrogen) atoms. The fourth-order valence-corrected chi connectivity index (χ4v) is 1.79. The van der Waals surface area contributed by atoms with Crippen LogP contribution < -0.4 is 16.0 Å². The molecule has 0 heterocycles. The van der Waals surface area contributed by atoms with Crippen molar-refractivity contribution in [3.05, 3.63) is 29.8 Å². The second-order valence-corrected chi connectivity index (χ2v) is 5.23. The van der Waals surface area contributed by atoms with E-state index in [1.165, 1.54) is 0 Å². The van der Waals surface area contributed by atoms with Crippen LogP contribution in [0.25, 0.3) is 0 Å². The van der Waals surface area contributed by atoms with E-state index in [2.05, 4.69) is 22.9 Å². The van der Waals surface area contributed by atoms with Crippen LogP contribution in [0.3, 0.4) is 0 Å². The van der Waals surface area contributed by atoms with Crippen molar-refractivity contribution in [2.24, 2.45) is 0 Å². The summed E-state index contributed by atoms with van der Waals surface area (Å²) in [5.41, 5.74) is 1.60. The topological polar surface area (TPSA) is 70.2 Å². The molecule has 116 valence electrons. The van der Waals surface area contributed by atoms with Gasteiger partial charge in [-0.25, -0.2) is 0 Å². The summed E-state index contributed by atoms with van der Waals surface area (Å²) in [5.74, 6) is -0.209. The lowest BCUT2D eigenvalue weighted by molar-refractivity contribution is -0.121. The molecule has 0 unspecified atom stereocenters. The largest absolute Gasteiger partial charge is 0.385 e. The molecule has 5 nitrogen and oxygen atoms in total. The Kier molecular flexibility index (Phi) is 7.29. The fraction of sp³-hybridized carbons (Fsp3) is 0.500. The van der Waals surface area contributed by atoms with Crippen molar-refractivity contribution in [3.8, 4) is 0 Å². The van der Waals surface area contributed by atoms with Crippen molar-refractivity contribution in [1.82, 2.24) is 10.6 Å². The molecule has 0 fully saturated rings. The van der Waals surface area contributed by atoms with Crippen LogP contribution in [0.4, 0.5) is 5.69 Å². The Morgan fingerprint density at radius 3 is 2.33 bits per heavy atom. The Hall–Kier alpha value is -2.04. The van der Waals surface area contributed by atoms with Gasteiger partial charge in [-0.05, 0) is 44.5 Å². The maximum absolute atomic E-state index is 11.9. The molecule has 0 aliphatic heterocycles. The Labute approximate surface area is 126 Å². The van der Waals surface area contributed by atoms with Crippen molar-refractivity contribution in [2.45, 2.75) is 39.7 Å². The summed E-state index contributed by atoms with van der Waals surface area (Å²) in [6.45, 7) is 7.17. The Balaban J connectivity index is 2.36. The van der Waals surface area contributed by atoms with Crippen LogP contribution in [0.5, 0.6) is 0 Å². The van der Waals surface area contributed by atoms with Gasteiger partial charge in [0.15, 0.2) is 0 Å². The van der Waals surface area contributed by atoms with Crippen LogP contribution in [-0.4, -0.2) is 30.9 Å². The van der Waals surface area contributed by atoms with Gasteiger partial charge in [-0.3, -0.25) is 9.59 Å². The SMILES string of the molecule is CCCNc1ccc(C(=O)NCCC(=O)NC(C)C)cc1. The molecule has 0 saturated heterocycles. The zero-order valence-corrected chi connectivity index (χ0v) is 13.0. The second kappa shape index (κ2) is 9.00. The lowest BCUT2D eigenvalue weighted by atomic mass is 10.2. The third kappa shape index (κ3) is 6.79. The van der Waals surface area contributed by atoms with Crippen LogP contribution >= 0.6 is 0 Å². The molecule has 1 rings (SSSR count). The van der Waals surface area contributed by atoms with E-state index in [0.717, 1.165) is 18.7 Å². The lowest BCUT2D eigenvalue weighted by Crippen LogP contribution is -2.34. The minimum atomic E-state index is -0.158. The molecule has 0 aromatic heterocycles. The lowest BCUT2D eigenvalue weighted by Gasteiger charge is -2.09. The summed E-state index contributed by atoms with van der Waals surface area (Å²) >= 11 is 0. The van der Waals surface area contributed by atoms with E-state index in [-0.39, 0.29) is 17.9 Å². The second-order valence-electron chi connectivity index (χ2n) is 5.23. The van der Waals surface area contributed by atoms with Crippen molar-refractivity contribution in [3.63, 3.8) is 0 Å². The molecule has 0 aliphatic carbocycles. The Bertz CT molecular complexity index is 455. The Morgan fingerprint density at radius 1 is 1.10 bits per heavy atom. The molecule has 0 aliphatic rings. The molecule has 0 atom stereocenters. The minimum absolute atomic E-state index is 0.0515. The van der Waals surface area contributed by atoms with Gasteiger partial charge in [-0.15, -0.1) is 0 Å². The van der Waals surface area contributed by atoms with Crippen LogP contribution in [0.2, 0.25) is 0 Å². The highest BCUT2D eigenvalue weighted by atomic mass is 16.2. The summed E-state index contributed by atoms with van der Waals surface area (Å²) in [5, 5.41) is 8.78. The van der Waals surface area contributed by atoms with Crippen molar-refractivity contribution >= 4 is 17.5 Å². The number of anilines is 1.